The molecule has 0 bridgehead atoms. The van der Waals surface area contributed by atoms with Crippen LogP contribution in [-0.2, 0) is 6.67 Å². The van der Waals surface area contributed by atoms with E-state index in [2.05, 4.69) is 30.4 Å². The maximum absolute atomic E-state index is 5.80. The van der Waals surface area contributed by atoms with E-state index >= 15 is 0 Å². The first-order valence-corrected chi connectivity index (χ1v) is 10.2. The molecule has 3 aromatic heterocycles. The smallest absolute Gasteiger partial charge is 0.199 e. The van der Waals surface area contributed by atoms with Crippen molar-refractivity contribution < 1.29 is 0 Å². The maximum atomic E-state index is 5.80. The van der Waals surface area contributed by atoms with Crippen LogP contribution < -0.4 is 4.90 Å². The standard InChI is InChI=1S/C20H23N7S/c28-20-26(15-24-11-13-25(14-12-24)18-3-1-2-8-22-18)23-19(27(20)17-4-5-17)16-6-9-21-10-7-16/h1-3,6-10,17H,4-5,11-15H2. The van der Waals surface area contributed by atoms with E-state index in [9.17, 15) is 0 Å². The lowest BCUT2D eigenvalue weighted by molar-refractivity contribution is 0.194. The molecular formula is C20H23N7S. The molecule has 2 fully saturated rings. The number of hydrogen-bond donors (Lipinski definition) is 0. The van der Waals surface area contributed by atoms with Crippen LogP contribution in [0, 0.1) is 4.77 Å². The second-order valence-corrected chi connectivity index (χ2v) is 7.74. The minimum atomic E-state index is 0.491. The Morgan fingerprint density at radius 1 is 0.964 bits per heavy atom. The van der Waals surface area contributed by atoms with E-state index in [0.29, 0.717) is 6.04 Å². The number of hydrogen-bond acceptors (Lipinski definition) is 6. The Morgan fingerprint density at radius 3 is 2.43 bits per heavy atom. The largest absolute Gasteiger partial charge is 0.354 e. The molecule has 4 heterocycles. The van der Waals surface area contributed by atoms with E-state index in [4.69, 9.17) is 17.3 Å². The Morgan fingerprint density at radius 2 is 1.75 bits per heavy atom. The van der Waals surface area contributed by atoms with Gasteiger partial charge in [-0.05, 0) is 49.3 Å². The average molecular weight is 394 g/mol. The predicted molar refractivity (Wildman–Crippen MR) is 111 cm³/mol. The van der Waals surface area contributed by atoms with Crippen molar-refractivity contribution in [3.05, 3.63) is 53.7 Å². The Bertz CT molecular complexity index is 986. The van der Waals surface area contributed by atoms with Crippen LogP contribution in [0.1, 0.15) is 18.9 Å². The fraction of sp³-hybridized carbons (Fsp3) is 0.400. The normalized spacial score (nSPS) is 17.8. The summed E-state index contributed by atoms with van der Waals surface area (Å²) in [5, 5.41) is 4.89. The fourth-order valence-electron chi connectivity index (χ4n) is 3.72. The summed E-state index contributed by atoms with van der Waals surface area (Å²) < 4.78 is 5.04. The van der Waals surface area contributed by atoms with Crippen LogP contribution in [0.5, 0.6) is 0 Å². The zero-order valence-electron chi connectivity index (χ0n) is 15.7. The van der Waals surface area contributed by atoms with E-state index in [-0.39, 0.29) is 0 Å². The van der Waals surface area contributed by atoms with Gasteiger partial charge in [-0.25, -0.2) is 9.67 Å². The lowest BCUT2D eigenvalue weighted by Gasteiger charge is -2.35. The maximum Gasteiger partial charge on any atom is 0.199 e. The van der Waals surface area contributed by atoms with Crippen LogP contribution in [0.2, 0.25) is 0 Å². The first-order chi connectivity index (χ1) is 13.8. The molecule has 0 unspecified atom stereocenters. The average Bonchev–Trinajstić information content (AvgIpc) is 3.54. The summed E-state index contributed by atoms with van der Waals surface area (Å²) in [5.74, 6) is 2.01. The second-order valence-electron chi connectivity index (χ2n) is 7.38. The van der Waals surface area contributed by atoms with Crippen molar-refractivity contribution >= 4 is 18.0 Å². The van der Waals surface area contributed by atoms with Crippen LogP contribution in [-0.4, -0.2) is 55.4 Å². The van der Waals surface area contributed by atoms with Gasteiger partial charge in [-0.15, -0.1) is 0 Å². The summed E-state index contributed by atoms with van der Waals surface area (Å²) in [7, 11) is 0. The topological polar surface area (TPSA) is 55.0 Å². The highest BCUT2D eigenvalue weighted by atomic mass is 32.1. The summed E-state index contributed by atoms with van der Waals surface area (Å²) >= 11 is 5.80. The van der Waals surface area contributed by atoms with E-state index in [0.717, 1.165) is 54.8 Å². The van der Waals surface area contributed by atoms with Crippen molar-refractivity contribution in [1.82, 2.24) is 29.2 Å². The summed E-state index contributed by atoms with van der Waals surface area (Å²) in [6.45, 7) is 4.60. The Balaban J connectivity index is 1.33. The van der Waals surface area contributed by atoms with Gasteiger partial charge in [0, 0.05) is 56.4 Å². The van der Waals surface area contributed by atoms with Crippen molar-refractivity contribution in [1.29, 1.82) is 0 Å². The summed E-state index contributed by atoms with van der Waals surface area (Å²) in [5.41, 5.74) is 1.08. The van der Waals surface area contributed by atoms with E-state index in [1.165, 1.54) is 12.8 Å². The van der Waals surface area contributed by atoms with Gasteiger partial charge in [0.2, 0.25) is 0 Å². The number of nitrogens with zero attached hydrogens (tertiary/aromatic N) is 7. The molecule has 0 N–H and O–H groups in total. The lowest BCUT2D eigenvalue weighted by atomic mass is 10.2. The third-order valence-corrected chi connectivity index (χ3v) is 5.81. The first kappa shape index (κ1) is 17.5. The third kappa shape index (κ3) is 3.45. The number of aromatic nitrogens is 5. The molecule has 0 atom stereocenters. The van der Waals surface area contributed by atoms with Gasteiger partial charge in [0.1, 0.15) is 5.82 Å². The predicted octanol–water partition coefficient (Wildman–Crippen LogP) is 2.99. The molecule has 5 rings (SSSR count). The van der Waals surface area contributed by atoms with Gasteiger partial charge in [-0.2, -0.15) is 5.10 Å². The highest BCUT2D eigenvalue weighted by molar-refractivity contribution is 7.71. The molecule has 0 radical (unpaired) electrons. The Hall–Kier alpha value is -2.58. The zero-order valence-corrected chi connectivity index (χ0v) is 16.5. The molecule has 28 heavy (non-hydrogen) atoms. The van der Waals surface area contributed by atoms with Gasteiger partial charge >= 0.3 is 0 Å². The Labute approximate surface area is 169 Å². The van der Waals surface area contributed by atoms with Gasteiger partial charge in [0.25, 0.3) is 0 Å². The number of piperazine rings is 1. The SMILES string of the molecule is S=c1n(CN2CCN(c3ccccn3)CC2)nc(-c2ccncc2)n1C1CC1. The minimum absolute atomic E-state index is 0.491. The lowest BCUT2D eigenvalue weighted by Crippen LogP contribution is -2.47. The highest BCUT2D eigenvalue weighted by Crippen LogP contribution is 2.38. The van der Waals surface area contributed by atoms with Gasteiger partial charge in [0.15, 0.2) is 10.6 Å². The van der Waals surface area contributed by atoms with Gasteiger partial charge in [-0.1, -0.05) is 6.07 Å². The highest BCUT2D eigenvalue weighted by Gasteiger charge is 2.29. The van der Waals surface area contributed by atoms with Crippen LogP contribution in [0.4, 0.5) is 5.82 Å². The number of rotatable bonds is 5. The van der Waals surface area contributed by atoms with Gasteiger partial charge in [-0.3, -0.25) is 14.5 Å². The van der Waals surface area contributed by atoms with E-state index < -0.39 is 0 Å². The van der Waals surface area contributed by atoms with Crippen LogP contribution in [0.15, 0.2) is 48.9 Å². The summed E-state index contributed by atoms with van der Waals surface area (Å²) in [6, 6.07) is 10.6. The third-order valence-electron chi connectivity index (χ3n) is 5.40. The van der Waals surface area contributed by atoms with Gasteiger partial charge in [0.05, 0.1) is 6.67 Å². The molecule has 1 aliphatic heterocycles. The zero-order chi connectivity index (χ0) is 18.9. The molecule has 8 heteroatoms. The van der Waals surface area contributed by atoms with Crippen LogP contribution in [0.25, 0.3) is 11.4 Å². The number of anilines is 1. The van der Waals surface area contributed by atoms with Gasteiger partial charge < -0.3 is 4.90 Å². The minimum Gasteiger partial charge on any atom is -0.354 e. The van der Waals surface area contributed by atoms with Crippen LogP contribution >= 0.6 is 12.2 Å². The van der Waals surface area contributed by atoms with Crippen molar-refractivity contribution in [2.75, 3.05) is 31.1 Å². The van der Waals surface area contributed by atoms with Crippen LogP contribution in [0.3, 0.4) is 0 Å². The fourth-order valence-corrected chi connectivity index (χ4v) is 4.05. The summed E-state index contributed by atoms with van der Waals surface area (Å²) in [6.07, 6.45) is 7.84. The quantitative estimate of drug-likeness (QED) is 0.621. The van der Waals surface area contributed by atoms with E-state index in [1.807, 2.05) is 47.5 Å². The number of pyridine rings is 2. The summed E-state index contributed by atoms with van der Waals surface area (Å²) in [4.78, 5) is 13.3. The van der Waals surface area contributed by atoms with Crippen molar-refractivity contribution in [3.63, 3.8) is 0 Å². The Kier molecular flexibility index (Phi) is 4.66. The monoisotopic (exact) mass is 393 g/mol. The van der Waals surface area contributed by atoms with E-state index in [1.54, 1.807) is 0 Å². The first-order valence-electron chi connectivity index (χ1n) is 9.78. The molecule has 7 nitrogen and oxygen atoms in total. The van der Waals surface area contributed by atoms with Crippen molar-refractivity contribution in [2.45, 2.75) is 25.6 Å². The van der Waals surface area contributed by atoms with Crippen molar-refractivity contribution in [2.24, 2.45) is 0 Å². The molecule has 0 aromatic carbocycles. The molecule has 1 aliphatic carbocycles. The second kappa shape index (κ2) is 7.44. The molecule has 1 saturated heterocycles. The van der Waals surface area contributed by atoms with Crippen molar-refractivity contribution in [3.8, 4) is 11.4 Å². The molecule has 0 amide bonds. The molecule has 144 valence electrons. The molecular weight excluding hydrogens is 370 g/mol. The molecule has 2 aliphatic rings. The molecule has 3 aromatic rings. The molecule has 0 spiro atoms. The molecule has 1 saturated carbocycles.